The molecule has 0 aliphatic heterocycles. The summed E-state index contributed by atoms with van der Waals surface area (Å²) < 4.78 is 0. The number of pyridine rings is 1. The van der Waals surface area contributed by atoms with Crippen LogP contribution in [0.2, 0.25) is 0 Å². The highest BCUT2D eigenvalue weighted by Crippen LogP contribution is 2.29. The second-order valence-electron chi connectivity index (χ2n) is 4.57. The third-order valence-corrected chi connectivity index (χ3v) is 3.55. The Bertz CT molecular complexity index is 736. The van der Waals surface area contributed by atoms with Gasteiger partial charge in [0.05, 0.1) is 17.6 Å². The molecule has 98 valence electrons. The van der Waals surface area contributed by atoms with E-state index in [0.717, 1.165) is 27.3 Å². The molecule has 0 spiro atoms. The van der Waals surface area contributed by atoms with E-state index in [9.17, 15) is 0 Å². The van der Waals surface area contributed by atoms with Crippen molar-refractivity contribution in [2.75, 3.05) is 5.73 Å². The van der Waals surface area contributed by atoms with Crippen LogP contribution in [0.15, 0.2) is 71.8 Å². The van der Waals surface area contributed by atoms with E-state index < -0.39 is 0 Å². The molecule has 0 unspecified atom stereocenters. The molecule has 1 aromatic heterocycles. The largest absolute Gasteiger partial charge is 0.397 e. The van der Waals surface area contributed by atoms with Crippen LogP contribution in [-0.4, -0.2) is 4.98 Å². The number of aromatic nitrogens is 1. The molecular formula is C17H14N2S. The van der Waals surface area contributed by atoms with Gasteiger partial charge >= 0.3 is 0 Å². The second-order valence-corrected chi connectivity index (χ2v) is 5.06. The maximum Gasteiger partial charge on any atom is 0.0703 e. The summed E-state index contributed by atoms with van der Waals surface area (Å²) in [6, 6.07) is 20.1. The van der Waals surface area contributed by atoms with E-state index in [1.54, 1.807) is 6.20 Å². The zero-order valence-corrected chi connectivity index (χ0v) is 11.7. The van der Waals surface area contributed by atoms with Crippen LogP contribution in [0, 0.1) is 0 Å². The van der Waals surface area contributed by atoms with E-state index >= 15 is 0 Å². The minimum Gasteiger partial charge on any atom is -0.397 e. The average Bonchev–Trinajstić information content (AvgIpc) is 2.49. The van der Waals surface area contributed by atoms with Crippen molar-refractivity contribution in [2.24, 2.45) is 0 Å². The summed E-state index contributed by atoms with van der Waals surface area (Å²) in [4.78, 5) is 5.33. The molecule has 3 heteroatoms. The van der Waals surface area contributed by atoms with Gasteiger partial charge in [-0.15, -0.1) is 12.6 Å². The Kier molecular flexibility index (Phi) is 3.44. The fourth-order valence-electron chi connectivity index (χ4n) is 2.14. The third kappa shape index (κ3) is 2.53. The molecule has 1 heterocycles. The molecule has 2 N–H and O–H groups in total. The van der Waals surface area contributed by atoms with Crippen LogP contribution < -0.4 is 5.73 Å². The summed E-state index contributed by atoms with van der Waals surface area (Å²) >= 11 is 4.51. The lowest BCUT2D eigenvalue weighted by Gasteiger charge is -2.07. The minimum atomic E-state index is 0.672. The summed E-state index contributed by atoms with van der Waals surface area (Å²) in [6.07, 6.45) is 1.68. The average molecular weight is 278 g/mol. The highest BCUT2D eigenvalue weighted by Gasteiger charge is 2.04. The van der Waals surface area contributed by atoms with Crippen molar-refractivity contribution in [1.29, 1.82) is 0 Å². The van der Waals surface area contributed by atoms with Crippen LogP contribution in [-0.2, 0) is 0 Å². The molecule has 3 aromatic rings. The fourth-order valence-corrected chi connectivity index (χ4v) is 2.43. The van der Waals surface area contributed by atoms with Crippen molar-refractivity contribution in [2.45, 2.75) is 4.90 Å². The molecule has 3 rings (SSSR count). The first-order valence-corrected chi connectivity index (χ1v) is 6.79. The molecule has 0 saturated heterocycles. The monoisotopic (exact) mass is 278 g/mol. The first kappa shape index (κ1) is 12.8. The SMILES string of the molecule is Nc1ccc(-c2cccc(-c3ccccc3S)c2)nc1. The molecule has 2 aromatic carbocycles. The summed E-state index contributed by atoms with van der Waals surface area (Å²) in [5, 5.41) is 0. The van der Waals surface area contributed by atoms with Crippen LogP contribution >= 0.6 is 12.6 Å². The summed E-state index contributed by atoms with van der Waals surface area (Å²) in [5.74, 6) is 0. The zero-order chi connectivity index (χ0) is 13.9. The van der Waals surface area contributed by atoms with Crippen molar-refractivity contribution in [1.82, 2.24) is 4.98 Å². The first-order valence-electron chi connectivity index (χ1n) is 6.34. The van der Waals surface area contributed by atoms with Gasteiger partial charge in [0.2, 0.25) is 0 Å². The predicted molar refractivity (Wildman–Crippen MR) is 86.8 cm³/mol. The van der Waals surface area contributed by atoms with Gasteiger partial charge in [0.1, 0.15) is 0 Å². The van der Waals surface area contributed by atoms with Crippen LogP contribution in [0.1, 0.15) is 0 Å². The van der Waals surface area contributed by atoms with E-state index in [1.807, 2.05) is 42.5 Å². The molecule has 2 nitrogen and oxygen atoms in total. The van der Waals surface area contributed by atoms with Crippen LogP contribution in [0.3, 0.4) is 0 Å². The number of thiol groups is 1. The van der Waals surface area contributed by atoms with Gasteiger partial charge < -0.3 is 5.73 Å². The fraction of sp³-hybridized carbons (Fsp3) is 0. The third-order valence-electron chi connectivity index (χ3n) is 3.16. The van der Waals surface area contributed by atoms with E-state index in [4.69, 9.17) is 5.73 Å². The highest BCUT2D eigenvalue weighted by atomic mass is 32.1. The second kappa shape index (κ2) is 5.39. The van der Waals surface area contributed by atoms with Gasteiger partial charge in [-0.25, -0.2) is 0 Å². The Labute approximate surface area is 123 Å². The minimum absolute atomic E-state index is 0.672. The Hall–Kier alpha value is -2.26. The number of nitrogens with zero attached hydrogens (tertiary/aromatic N) is 1. The predicted octanol–water partition coefficient (Wildman–Crippen LogP) is 4.29. The molecular weight excluding hydrogens is 264 g/mol. The smallest absolute Gasteiger partial charge is 0.0703 e. The number of nitrogens with two attached hydrogens (primary N) is 1. The standard InChI is InChI=1S/C17H14N2S/c18-14-8-9-16(19-11-14)13-5-3-4-12(10-13)15-6-1-2-7-17(15)20/h1-11,20H,18H2. The van der Waals surface area contributed by atoms with Crippen molar-refractivity contribution in [3.63, 3.8) is 0 Å². The topological polar surface area (TPSA) is 38.9 Å². The quantitative estimate of drug-likeness (QED) is 0.686. The van der Waals surface area contributed by atoms with Gasteiger partial charge in [-0.2, -0.15) is 0 Å². The van der Waals surface area contributed by atoms with Crippen molar-refractivity contribution >= 4 is 18.3 Å². The molecule has 0 radical (unpaired) electrons. The summed E-state index contributed by atoms with van der Waals surface area (Å²) in [7, 11) is 0. The molecule has 0 fully saturated rings. The zero-order valence-electron chi connectivity index (χ0n) is 10.8. The molecule has 0 saturated carbocycles. The number of hydrogen-bond donors (Lipinski definition) is 2. The number of anilines is 1. The van der Waals surface area contributed by atoms with E-state index in [0.29, 0.717) is 5.69 Å². The van der Waals surface area contributed by atoms with E-state index in [1.165, 1.54) is 0 Å². The maximum absolute atomic E-state index is 5.67. The molecule has 0 aliphatic rings. The van der Waals surface area contributed by atoms with Gasteiger partial charge in [-0.05, 0) is 35.4 Å². The Morgan fingerprint density at radius 1 is 0.850 bits per heavy atom. The lowest BCUT2D eigenvalue weighted by atomic mass is 10.0. The first-order chi connectivity index (χ1) is 9.74. The summed E-state index contributed by atoms with van der Waals surface area (Å²) in [6.45, 7) is 0. The molecule has 0 amide bonds. The van der Waals surface area contributed by atoms with Gasteiger partial charge in [-0.3, -0.25) is 4.98 Å². The van der Waals surface area contributed by atoms with Crippen molar-refractivity contribution in [3.8, 4) is 22.4 Å². The van der Waals surface area contributed by atoms with Gasteiger partial charge in [0.25, 0.3) is 0 Å². The molecule has 0 atom stereocenters. The van der Waals surface area contributed by atoms with Gasteiger partial charge in [0, 0.05) is 10.5 Å². The van der Waals surface area contributed by atoms with Crippen LogP contribution in [0.25, 0.3) is 22.4 Å². The molecule has 0 bridgehead atoms. The number of hydrogen-bond acceptors (Lipinski definition) is 3. The number of benzene rings is 2. The lowest BCUT2D eigenvalue weighted by Crippen LogP contribution is -1.88. The van der Waals surface area contributed by atoms with E-state index in [-0.39, 0.29) is 0 Å². The van der Waals surface area contributed by atoms with E-state index in [2.05, 4.69) is 35.8 Å². The van der Waals surface area contributed by atoms with Crippen molar-refractivity contribution < 1.29 is 0 Å². The van der Waals surface area contributed by atoms with Gasteiger partial charge in [0.15, 0.2) is 0 Å². The van der Waals surface area contributed by atoms with Crippen LogP contribution in [0.4, 0.5) is 5.69 Å². The highest BCUT2D eigenvalue weighted by molar-refractivity contribution is 7.80. The Morgan fingerprint density at radius 2 is 1.65 bits per heavy atom. The normalized spacial score (nSPS) is 10.4. The number of rotatable bonds is 2. The van der Waals surface area contributed by atoms with Crippen molar-refractivity contribution in [3.05, 3.63) is 66.9 Å². The molecule has 0 aliphatic carbocycles. The van der Waals surface area contributed by atoms with Gasteiger partial charge in [-0.1, -0.05) is 36.4 Å². The number of nitrogen functional groups attached to an aromatic ring is 1. The maximum atomic E-state index is 5.67. The lowest BCUT2D eigenvalue weighted by molar-refractivity contribution is 1.33. The Morgan fingerprint density at radius 3 is 2.40 bits per heavy atom. The molecule has 20 heavy (non-hydrogen) atoms. The Balaban J connectivity index is 2.06. The summed E-state index contributed by atoms with van der Waals surface area (Å²) in [5.41, 5.74) is 10.6. The van der Waals surface area contributed by atoms with Crippen LogP contribution in [0.5, 0.6) is 0 Å².